The van der Waals surface area contributed by atoms with Crippen LogP contribution in [-0.4, -0.2) is 25.1 Å². The topological polar surface area (TPSA) is 86.7 Å². The Bertz CT molecular complexity index is 754. The number of nitrogens with zero attached hydrogens (tertiary/aromatic N) is 5. The molecule has 0 aliphatic carbocycles. The summed E-state index contributed by atoms with van der Waals surface area (Å²) in [6.45, 7) is 0. The van der Waals surface area contributed by atoms with Gasteiger partial charge in [0.15, 0.2) is 0 Å². The van der Waals surface area contributed by atoms with Crippen molar-refractivity contribution in [2.24, 2.45) is 0 Å². The van der Waals surface area contributed by atoms with Crippen LogP contribution >= 0.6 is 0 Å². The number of hydrogen-bond acceptors (Lipinski definition) is 5. The first-order chi connectivity index (χ1) is 9.74. The molecule has 3 rings (SSSR count). The van der Waals surface area contributed by atoms with Crippen LogP contribution in [0.2, 0.25) is 0 Å². The van der Waals surface area contributed by atoms with Gasteiger partial charge < -0.3 is 0 Å². The summed E-state index contributed by atoms with van der Waals surface area (Å²) >= 11 is 0. The van der Waals surface area contributed by atoms with Crippen LogP contribution in [0, 0.1) is 10.1 Å². The molecule has 0 spiro atoms. The van der Waals surface area contributed by atoms with E-state index in [-0.39, 0.29) is 5.69 Å². The minimum atomic E-state index is -0.460. The van der Waals surface area contributed by atoms with Gasteiger partial charge in [-0.25, -0.2) is 0 Å². The molecule has 0 saturated heterocycles. The van der Waals surface area contributed by atoms with Gasteiger partial charge in [-0.2, -0.15) is 0 Å². The molecule has 20 heavy (non-hydrogen) atoms. The summed E-state index contributed by atoms with van der Waals surface area (Å²) in [5, 5.41) is 22.8. The van der Waals surface area contributed by atoms with Gasteiger partial charge in [-0.15, -0.1) is 15.0 Å². The zero-order chi connectivity index (χ0) is 13.9. The van der Waals surface area contributed by atoms with Crippen molar-refractivity contribution in [3.05, 3.63) is 64.7 Å². The van der Waals surface area contributed by atoms with Crippen LogP contribution in [-0.2, 0) is 0 Å². The first-order valence-corrected chi connectivity index (χ1v) is 5.84. The van der Waals surface area contributed by atoms with E-state index < -0.39 is 4.92 Å². The fraction of sp³-hybridized carbons (Fsp3) is 0. The highest BCUT2D eigenvalue weighted by molar-refractivity contribution is 5.53. The average Bonchev–Trinajstić information content (AvgIpc) is 2.98. The summed E-state index contributed by atoms with van der Waals surface area (Å²) in [6, 6.07) is 15.5. The molecular weight excluding hydrogens is 258 g/mol. The SMILES string of the molecule is O=[N+]([O-])c1cccc(-n2nnc(-c3ccccc3)n2)c1. The Labute approximate surface area is 113 Å². The maximum Gasteiger partial charge on any atom is 0.271 e. The molecule has 7 nitrogen and oxygen atoms in total. The fourth-order valence-corrected chi connectivity index (χ4v) is 1.76. The van der Waals surface area contributed by atoms with Crippen molar-refractivity contribution >= 4 is 5.69 Å². The third kappa shape index (κ3) is 2.24. The van der Waals surface area contributed by atoms with E-state index in [2.05, 4.69) is 15.4 Å². The van der Waals surface area contributed by atoms with Crippen molar-refractivity contribution in [1.82, 2.24) is 20.2 Å². The summed E-state index contributed by atoms with van der Waals surface area (Å²) in [4.78, 5) is 11.6. The third-order valence-electron chi connectivity index (χ3n) is 2.72. The zero-order valence-corrected chi connectivity index (χ0v) is 10.2. The lowest BCUT2D eigenvalue weighted by Crippen LogP contribution is -2.00. The molecule has 0 radical (unpaired) electrons. The van der Waals surface area contributed by atoms with Gasteiger partial charge in [0.25, 0.3) is 5.69 Å². The first-order valence-electron chi connectivity index (χ1n) is 5.84. The highest BCUT2D eigenvalue weighted by Crippen LogP contribution is 2.17. The summed E-state index contributed by atoms with van der Waals surface area (Å²) in [5.74, 6) is 0.470. The smallest absolute Gasteiger partial charge is 0.258 e. The van der Waals surface area contributed by atoms with Crippen molar-refractivity contribution in [2.75, 3.05) is 0 Å². The predicted molar refractivity (Wildman–Crippen MR) is 71.2 cm³/mol. The Morgan fingerprint density at radius 3 is 2.60 bits per heavy atom. The predicted octanol–water partition coefficient (Wildman–Crippen LogP) is 2.24. The molecule has 0 saturated carbocycles. The standard InChI is InChI=1S/C13H9N5O2/c19-18(20)12-8-4-7-11(9-12)17-15-13(14-16-17)10-5-2-1-3-6-10/h1-9H. The lowest BCUT2D eigenvalue weighted by atomic mass is 10.2. The number of benzene rings is 2. The van der Waals surface area contributed by atoms with Crippen molar-refractivity contribution in [3.63, 3.8) is 0 Å². The van der Waals surface area contributed by atoms with E-state index >= 15 is 0 Å². The van der Waals surface area contributed by atoms with Crippen LogP contribution in [0.15, 0.2) is 54.6 Å². The molecule has 0 unspecified atom stereocenters. The number of tetrazole rings is 1. The summed E-state index contributed by atoms with van der Waals surface area (Å²) < 4.78 is 0. The summed E-state index contributed by atoms with van der Waals surface area (Å²) in [5.41, 5.74) is 1.32. The van der Waals surface area contributed by atoms with E-state index in [4.69, 9.17) is 0 Å². The largest absolute Gasteiger partial charge is 0.271 e. The molecule has 1 aromatic heterocycles. The van der Waals surface area contributed by atoms with E-state index in [1.54, 1.807) is 12.1 Å². The van der Waals surface area contributed by atoms with Gasteiger partial charge in [-0.3, -0.25) is 10.1 Å². The second kappa shape index (κ2) is 4.88. The molecule has 0 fully saturated rings. The molecule has 0 amide bonds. The monoisotopic (exact) mass is 267 g/mol. The van der Waals surface area contributed by atoms with Crippen LogP contribution < -0.4 is 0 Å². The Hall–Kier alpha value is -3.09. The average molecular weight is 267 g/mol. The molecular formula is C13H9N5O2. The van der Waals surface area contributed by atoms with E-state index in [9.17, 15) is 10.1 Å². The second-order valence-electron chi connectivity index (χ2n) is 4.05. The van der Waals surface area contributed by atoms with Gasteiger partial charge in [0.05, 0.1) is 10.6 Å². The lowest BCUT2D eigenvalue weighted by molar-refractivity contribution is -0.384. The molecule has 0 bridgehead atoms. The first kappa shape index (κ1) is 12.0. The second-order valence-corrected chi connectivity index (χ2v) is 4.05. The van der Waals surface area contributed by atoms with Crippen LogP contribution in [0.4, 0.5) is 5.69 Å². The number of hydrogen-bond donors (Lipinski definition) is 0. The number of aromatic nitrogens is 4. The molecule has 2 aromatic carbocycles. The molecule has 1 heterocycles. The zero-order valence-electron chi connectivity index (χ0n) is 10.2. The molecule has 0 atom stereocenters. The van der Waals surface area contributed by atoms with E-state index in [0.29, 0.717) is 11.5 Å². The number of nitro benzene ring substituents is 1. The van der Waals surface area contributed by atoms with Crippen molar-refractivity contribution in [3.8, 4) is 17.1 Å². The quantitative estimate of drug-likeness (QED) is 0.536. The van der Waals surface area contributed by atoms with Gasteiger partial charge in [0.1, 0.15) is 0 Å². The maximum atomic E-state index is 10.8. The Kier molecular flexibility index (Phi) is 2.92. The summed E-state index contributed by atoms with van der Waals surface area (Å²) in [6.07, 6.45) is 0. The third-order valence-corrected chi connectivity index (χ3v) is 2.72. The fourth-order valence-electron chi connectivity index (χ4n) is 1.76. The van der Waals surface area contributed by atoms with Crippen LogP contribution in [0.25, 0.3) is 17.1 Å². The highest BCUT2D eigenvalue weighted by Gasteiger charge is 2.10. The number of non-ortho nitro benzene ring substituents is 1. The van der Waals surface area contributed by atoms with Gasteiger partial charge in [-0.1, -0.05) is 36.4 Å². The van der Waals surface area contributed by atoms with Crippen LogP contribution in [0.3, 0.4) is 0 Å². The molecule has 7 heteroatoms. The number of nitro groups is 1. The Morgan fingerprint density at radius 2 is 1.85 bits per heavy atom. The lowest BCUT2D eigenvalue weighted by Gasteiger charge is -1.97. The molecule has 0 N–H and O–H groups in total. The van der Waals surface area contributed by atoms with Gasteiger partial charge in [0, 0.05) is 17.7 Å². The van der Waals surface area contributed by atoms with Gasteiger partial charge in [-0.05, 0) is 11.3 Å². The van der Waals surface area contributed by atoms with E-state index in [1.807, 2.05) is 30.3 Å². The van der Waals surface area contributed by atoms with Gasteiger partial charge >= 0.3 is 0 Å². The Morgan fingerprint density at radius 1 is 1.05 bits per heavy atom. The van der Waals surface area contributed by atoms with Gasteiger partial charge in [0.2, 0.25) is 5.82 Å². The minimum Gasteiger partial charge on any atom is -0.258 e. The van der Waals surface area contributed by atoms with Crippen LogP contribution in [0.5, 0.6) is 0 Å². The summed E-state index contributed by atoms with van der Waals surface area (Å²) in [7, 11) is 0. The molecule has 0 aliphatic heterocycles. The van der Waals surface area contributed by atoms with Crippen molar-refractivity contribution in [2.45, 2.75) is 0 Å². The molecule has 98 valence electrons. The molecule has 3 aromatic rings. The number of rotatable bonds is 3. The van der Waals surface area contributed by atoms with E-state index in [0.717, 1.165) is 5.56 Å². The normalized spacial score (nSPS) is 10.4. The van der Waals surface area contributed by atoms with Crippen LogP contribution in [0.1, 0.15) is 0 Å². The maximum absolute atomic E-state index is 10.8. The molecule has 0 aliphatic rings. The van der Waals surface area contributed by atoms with E-state index in [1.165, 1.54) is 16.9 Å². The van der Waals surface area contributed by atoms with Crippen molar-refractivity contribution < 1.29 is 4.92 Å². The minimum absolute atomic E-state index is 0.0129. The van der Waals surface area contributed by atoms with Crippen molar-refractivity contribution in [1.29, 1.82) is 0 Å². The highest BCUT2D eigenvalue weighted by atomic mass is 16.6. The Balaban J connectivity index is 1.98.